The molecule has 5 heteroatoms. The summed E-state index contributed by atoms with van der Waals surface area (Å²) in [5.74, 6) is 1.93. The van der Waals surface area contributed by atoms with Crippen LogP contribution in [0.5, 0.6) is 0 Å². The summed E-state index contributed by atoms with van der Waals surface area (Å²) in [5, 5.41) is 0. The average molecular weight is 694 g/mol. The van der Waals surface area contributed by atoms with Gasteiger partial charge in [-0.2, -0.15) is 0 Å². The molecule has 0 N–H and O–H groups in total. The predicted molar refractivity (Wildman–Crippen MR) is 219 cm³/mol. The fourth-order valence-corrected chi connectivity index (χ4v) is 7.76. The molecule has 5 nitrogen and oxygen atoms in total. The van der Waals surface area contributed by atoms with Crippen LogP contribution in [0.3, 0.4) is 0 Å². The highest BCUT2D eigenvalue weighted by Gasteiger charge is 2.36. The van der Waals surface area contributed by atoms with Crippen LogP contribution < -0.4 is 0 Å². The van der Waals surface area contributed by atoms with E-state index in [-0.39, 0.29) is 5.41 Å². The minimum absolute atomic E-state index is 0.241. The van der Waals surface area contributed by atoms with Crippen molar-refractivity contribution in [1.29, 1.82) is 0 Å². The molecule has 3 aromatic heterocycles. The van der Waals surface area contributed by atoms with E-state index < -0.39 is 0 Å². The minimum atomic E-state index is -0.241. The molecule has 1 aliphatic rings. The molecule has 0 amide bonds. The van der Waals surface area contributed by atoms with Crippen LogP contribution >= 0.6 is 0 Å². The molecule has 3 heterocycles. The number of rotatable bonds is 6. The second kappa shape index (κ2) is 12.6. The third-order valence-electron chi connectivity index (χ3n) is 10.7. The third kappa shape index (κ3) is 5.49. The Hall–Kier alpha value is -6.98. The van der Waals surface area contributed by atoms with Crippen molar-refractivity contribution in [3.63, 3.8) is 0 Å². The van der Waals surface area contributed by atoms with Gasteiger partial charge in [-0.15, -0.1) is 0 Å². The van der Waals surface area contributed by atoms with Crippen LogP contribution in [-0.4, -0.2) is 24.3 Å². The van der Waals surface area contributed by atoms with E-state index in [0.29, 0.717) is 17.5 Å². The highest BCUT2D eigenvalue weighted by Crippen LogP contribution is 2.50. The van der Waals surface area contributed by atoms with Gasteiger partial charge in [0.2, 0.25) is 0 Å². The lowest BCUT2D eigenvalue weighted by Crippen LogP contribution is -2.15. The average Bonchev–Trinajstić information content (AvgIpc) is 3.77. The number of fused-ring (bicyclic) bond motifs is 4. The van der Waals surface area contributed by atoms with Crippen LogP contribution in [0.4, 0.5) is 0 Å². The van der Waals surface area contributed by atoms with Gasteiger partial charge in [-0.25, -0.2) is 19.9 Å². The summed E-state index contributed by atoms with van der Waals surface area (Å²) >= 11 is 0. The molecular formula is C49H35N5. The van der Waals surface area contributed by atoms with E-state index in [1.54, 1.807) is 0 Å². The van der Waals surface area contributed by atoms with Gasteiger partial charge in [0.1, 0.15) is 5.65 Å². The summed E-state index contributed by atoms with van der Waals surface area (Å²) in [7, 11) is 0. The second-order valence-electron chi connectivity index (χ2n) is 14.4. The van der Waals surface area contributed by atoms with E-state index in [0.717, 1.165) is 44.7 Å². The van der Waals surface area contributed by atoms with Gasteiger partial charge in [0.05, 0.1) is 5.69 Å². The van der Waals surface area contributed by atoms with E-state index in [1.807, 2.05) is 36.5 Å². The normalized spacial score (nSPS) is 12.8. The predicted octanol–water partition coefficient (Wildman–Crippen LogP) is 11.8. The van der Waals surface area contributed by atoms with E-state index in [9.17, 15) is 0 Å². The summed E-state index contributed by atoms with van der Waals surface area (Å²) in [6.45, 7) is 4.61. The maximum absolute atomic E-state index is 5.13. The lowest BCUT2D eigenvalue weighted by molar-refractivity contribution is 0.660. The fraction of sp³-hybridized carbons (Fsp3) is 0.0612. The zero-order chi connectivity index (χ0) is 36.2. The highest BCUT2D eigenvalue weighted by atomic mass is 15.0. The van der Waals surface area contributed by atoms with Gasteiger partial charge >= 0.3 is 0 Å². The number of hydrogen-bond acceptors (Lipinski definition) is 4. The van der Waals surface area contributed by atoms with Crippen LogP contribution in [0.2, 0.25) is 0 Å². The molecule has 0 saturated heterocycles. The Balaban J connectivity index is 1.05. The summed E-state index contributed by atoms with van der Waals surface area (Å²) < 4.78 is 2.07. The third-order valence-corrected chi connectivity index (χ3v) is 10.7. The first-order valence-corrected chi connectivity index (χ1v) is 18.3. The Morgan fingerprint density at radius 1 is 0.389 bits per heavy atom. The van der Waals surface area contributed by atoms with Crippen molar-refractivity contribution in [2.45, 2.75) is 19.3 Å². The van der Waals surface area contributed by atoms with Crippen molar-refractivity contribution in [2.24, 2.45) is 0 Å². The highest BCUT2D eigenvalue weighted by molar-refractivity contribution is 5.85. The van der Waals surface area contributed by atoms with Gasteiger partial charge in [-0.3, -0.25) is 0 Å². The van der Waals surface area contributed by atoms with E-state index in [4.69, 9.17) is 19.9 Å². The fourth-order valence-electron chi connectivity index (χ4n) is 7.76. The monoisotopic (exact) mass is 693 g/mol. The first-order valence-electron chi connectivity index (χ1n) is 18.3. The quantitative estimate of drug-likeness (QED) is 0.174. The Morgan fingerprint density at radius 3 is 1.35 bits per heavy atom. The van der Waals surface area contributed by atoms with Crippen molar-refractivity contribution < 1.29 is 0 Å². The molecule has 256 valence electrons. The van der Waals surface area contributed by atoms with Crippen molar-refractivity contribution >= 4 is 5.65 Å². The van der Waals surface area contributed by atoms with Crippen molar-refractivity contribution in [1.82, 2.24) is 24.3 Å². The molecule has 0 saturated carbocycles. The molecule has 1 aliphatic carbocycles. The van der Waals surface area contributed by atoms with E-state index >= 15 is 0 Å². The standard InChI is InChI=1S/C49H35N5/c1-49(2)42-29-38(44-31-54-28-10-9-15-45(54)50-44)24-26-40(42)41-27-25-39(30-43(41)49)48-52-46(36-20-16-34(17-21-36)32-11-5-3-6-12-32)51-47(53-48)37-22-18-35(19-23-37)33-13-7-4-8-14-33/h3-31H,1-2H3. The molecule has 0 bridgehead atoms. The summed E-state index contributed by atoms with van der Waals surface area (Å²) in [5.41, 5.74) is 15.3. The molecule has 0 atom stereocenters. The number of hydrogen-bond donors (Lipinski definition) is 0. The van der Waals surface area contributed by atoms with Gasteiger partial charge in [-0.1, -0.05) is 153 Å². The Labute approximate surface area is 314 Å². The van der Waals surface area contributed by atoms with Crippen LogP contribution in [0.15, 0.2) is 176 Å². The largest absolute Gasteiger partial charge is 0.306 e. The maximum Gasteiger partial charge on any atom is 0.164 e. The molecule has 10 rings (SSSR count). The smallest absolute Gasteiger partial charge is 0.164 e. The molecule has 9 aromatic rings. The topological polar surface area (TPSA) is 56.0 Å². The van der Waals surface area contributed by atoms with Crippen LogP contribution in [0.25, 0.3) is 84.4 Å². The van der Waals surface area contributed by atoms with Gasteiger partial charge < -0.3 is 4.40 Å². The number of aromatic nitrogens is 5. The molecule has 6 aromatic carbocycles. The molecule has 0 fully saturated rings. The Morgan fingerprint density at radius 2 is 0.815 bits per heavy atom. The van der Waals surface area contributed by atoms with Gasteiger partial charge in [0.15, 0.2) is 17.5 Å². The molecular weight excluding hydrogens is 659 g/mol. The van der Waals surface area contributed by atoms with E-state index in [2.05, 4.69) is 158 Å². The lowest BCUT2D eigenvalue weighted by atomic mass is 9.81. The Kier molecular flexibility index (Phi) is 7.41. The molecule has 0 spiro atoms. The van der Waals surface area contributed by atoms with E-state index in [1.165, 1.54) is 33.4 Å². The minimum Gasteiger partial charge on any atom is -0.306 e. The van der Waals surface area contributed by atoms with Crippen LogP contribution in [-0.2, 0) is 5.41 Å². The molecule has 54 heavy (non-hydrogen) atoms. The van der Waals surface area contributed by atoms with Crippen molar-refractivity contribution in [3.8, 4) is 78.8 Å². The maximum atomic E-state index is 5.13. The molecule has 0 aliphatic heterocycles. The van der Waals surface area contributed by atoms with Crippen LogP contribution in [0, 0.1) is 0 Å². The SMILES string of the molecule is CC1(C)c2cc(-c3cn4ccccc4n3)ccc2-c2ccc(-c3nc(-c4ccc(-c5ccccc5)cc4)nc(-c4ccc(-c5ccccc5)cc4)n3)cc21. The summed E-state index contributed by atoms with van der Waals surface area (Å²) in [4.78, 5) is 20.2. The molecule has 0 unspecified atom stereocenters. The zero-order valence-corrected chi connectivity index (χ0v) is 30.0. The number of imidazole rings is 1. The van der Waals surface area contributed by atoms with Gasteiger partial charge in [-0.05, 0) is 68.8 Å². The molecule has 0 radical (unpaired) electrons. The summed E-state index contributed by atoms with van der Waals surface area (Å²) in [6.07, 6.45) is 4.14. The van der Waals surface area contributed by atoms with Crippen molar-refractivity contribution in [2.75, 3.05) is 0 Å². The number of nitrogens with zero attached hydrogens (tertiary/aromatic N) is 5. The zero-order valence-electron chi connectivity index (χ0n) is 30.0. The first kappa shape index (κ1) is 31.7. The van der Waals surface area contributed by atoms with Crippen molar-refractivity contribution in [3.05, 3.63) is 187 Å². The van der Waals surface area contributed by atoms with Gasteiger partial charge in [0, 0.05) is 40.1 Å². The number of benzene rings is 6. The lowest BCUT2D eigenvalue weighted by Gasteiger charge is -2.22. The van der Waals surface area contributed by atoms with Crippen LogP contribution in [0.1, 0.15) is 25.0 Å². The first-order chi connectivity index (χ1) is 26.5. The Bertz CT molecular complexity index is 2690. The van der Waals surface area contributed by atoms with Gasteiger partial charge in [0.25, 0.3) is 0 Å². The second-order valence-corrected chi connectivity index (χ2v) is 14.4. The number of pyridine rings is 1. The summed E-state index contributed by atoms with van der Waals surface area (Å²) in [6, 6.07) is 57.3.